The topological polar surface area (TPSA) is 85.8 Å². The van der Waals surface area contributed by atoms with E-state index in [1.807, 2.05) is 23.1 Å². The minimum absolute atomic E-state index is 0.161. The molecule has 1 aromatic carbocycles. The van der Waals surface area contributed by atoms with Crippen molar-refractivity contribution in [2.75, 3.05) is 31.2 Å². The van der Waals surface area contributed by atoms with Gasteiger partial charge in [0.05, 0.1) is 18.0 Å². The minimum Gasteiger partial charge on any atom is -0.486 e. The molecule has 6 nitrogen and oxygen atoms in total. The molecule has 0 aromatic heterocycles. The third-order valence-electron chi connectivity index (χ3n) is 3.25. The van der Waals surface area contributed by atoms with Crippen molar-refractivity contribution in [3.63, 3.8) is 0 Å². The number of nitrogens with zero attached hydrogens (tertiary/aromatic N) is 1. The van der Waals surface area contributed by atoms with Crippen LogP contribution >= 0.6 is 0 Å². The zero-order chi connectivity index (χ0) is 12.5. The molecule has 2 aliphatic heterocycles. The predicted molar refractivity (Wildman–Crippen MR) is 68.7 cm³/mol. The summed E-state index contributed by atoms with van der Waals surface area (Å²) in [5.41, 5.74) is 13.2. The van der Waals surface area contributed by atoms with Gasteiger partial charge in [-0.05, 0) is 12.1 Å². The summed E-state index contributed by atoms with van der Waals surface area (Å²) in [6, 6.07) is 5.81. The Labute approximate surface area is 106 Å². The lowest BCUT2D eigenvalue weighted by Gasteiger charge is -2.41. The molecular formula is C12H18N4O2. The highest BCUT2D eigenvalue weighted by molar-refractivity contribution is 5.66. The summed E-state index contributed by atoms with van der Waals surface area (Å²) in [6.07, 6.45) is -0.323. The van der Waals surface area contributed by atoms with Gasteiger partial charge in [0.25, 0.3) is 0 Å². The molecule has 18 heavy (non-hydrogen) atoms. The molecule has 0 saturated carbocycles. The predicted octanol–water partition coefficient (Wildman–Crippen LogP) is -0.563. The van der Waals surface area contributed by atoms with Gasteiger partial charge >= 0.3 is 0 Å². The molecule has 2 atom stereocenters. The fraction of sp³-hybridized carbons (Fsp3) is 0.500. The van der Waals surface area contributed by atoms with Crippen molar-refractivity contribution in [2.45, 2.75) is 12.3 Å². The van der Waals surface area contributed by atoms with Gasteiger partial charge in [-0.2, -0.15) is 0 Å². The molecule has 0 amide bonds. The van der Waals surface area contributed by atoms with E-state index in [1.54, 1.807) is 0 Å². The van der Waals surface area contributed by atoms with Crippen LogP contribution in [0.15, 0.2) is 18.2 Å². The number of hydrogen-bond donors (Lipinski definition) is 3. The van der Waals surface area contributed by atoms with E-state index in [0.29, 0.717) is 26.3 Å². The van der Waals surface area contributed by atoms with Crippen LogP contribution in [0.3, 0.4) is 0 Å². The van der Waals surface area contributed by atoms with Gasteiger partial charge < -0.3 is 31.2 Å². The van der Waals surface area contributed by atoms with Gasteiger partial charge in [-0.1, -0.05) is 6.07 Å². The average molecular weight is 250 g/mol. The Bertz CT molecular complexity index is 430. The summed E-state index contributed by atoms with van der Waals surface area (Å²) in [5.74, 6) is 1.51. The molecule has 0 radical (unpaired) electrons. The van der Waals surface area contributed by atoms with Crippen molar-refractivity contribution >= 4 is 5.69 Å². The number of fused-ring (bicyclic) bond motifs is 1. The molecule has 0 aliphatic carbocycles. The summed E-state index contributed by atoms with van der Waals surface area (Å²) in [4.78, 5) is 1.99. The van der Waals surface area contributed by atoms with Crippen molar-refractivity contribution < 1.29 is 9.47 Å². The Kier molecular flexibility index (Phi) is 2.99. The lowest BCUT2D eigenvalue weighted by atomic mass is 10.1. The smallest absolute Gasteiger partial charge is 0.184 e. The highest BCUT2D eigenvalue weighted by Gasteiger charge is 2.29. The second-order valence-corrected chi connectivity index (χ2v) is 4.50. The van der Waals surface area contributed by atoms with E-state index in [4.69, 9.17) is 20.9 Å². The van der Waals surface area contributed by atoms with E-state index < -0.39 is 0 Å². The number of hydrogen-bond acceptors (Lipinski definition) is 6. The number of nitrogens with two attached hydrogens (primary N) is 2. The second kappa shape index (κ2) is 4.64. The van der Waals surface area contributed by atoms with Gasteiger partial charge in [0, 0.05) is 13.1 Å². The van der Waals surface area contributed by atoms with Crippen LogP contribution in [-0.2, 0) is 0 Å². The van der Waals surface area contributed by atoms with E-state index in [2.05, 4.69) is 5.32 Å². The Balaban J connectivity index is 2.00. The van der Waals surface area contributed by atoms with E-state index in [1.165, 1.54) is 0 Å². The maximum absolute atomic E-state index is 6.12. The zero-order valence-corrected chi connectivity index (χ0v) is 10.1. The van der Waals surface area contributed by atoms with Crippen molar-refractivity contribution in [3.05, 3.63) is 18.2 Å². The van der Waals surface area contributed by atoms with Crippen LogP contribution in [0.4, 0.5) is 5.69 Å². The van der Waals surface area contributed by atoms with Crippen LogP contribution in [0.2, 0.25) is 0 Å². The Morgan fingerprint density at radius 3 is 2.61 bits per heavy atom. The summed E-state index contributed by atoms with van der Waals surface area (Å²) < 4.78 is 11.3. The van der Waals surface area contributed by atoms with Crippen LogP contribution < -0.4 is 31.2 Å². The van der Waals surface area contributed by atoms with E-state index in [9.17, 15) is 0 Å². The lowest BCUT2D eigenvalue weighted by Crippen LogP contribution is -2.64. The third kappa shape index (κ3) is 1.88. The van der Waals surface area contributed by atoms with Crippen LogP contribution in [0.5, 0.6) is 11.5 Å². The van der Waals surface area contributed by atoms with Crippen LogP contribution in [0.25, 0.3) is 0 Å². The SMILES string of the molecule is NC1CNCC(N)N1c1cccc2c1OCCO2. The van der Waals surface area contributed by atoms with E-state index in [0.717, 1.165) is 17.2 Å². The Morgan fingerprint density at radius 2 is 1.83 bits per heavy atom. The van der Waals surface area contributed by atoms with E-state index in [-0.39, 0.29) is 12.3 Å². The second-order valence-electron chi connectivity index (χ2n) is 4.50. The summed E-state index contributed by atoms with van der Waals surface area (Å²) in [6.45, 7) is 2.55. The monoisotopic (exact) mass is 250 g/mol. The number of piperazine rings is 1. The zero-order valence-electron chi connectivity index (χ0n) is 10.1. The lowest BCUT2D eigenvalue weighted by molar-refractivity contribution is 0.171. The number of ether oxygens (including phenoxy) is 2. The standard InChI is InChI=1S/C12H18N4O2/c13-10-6-15-7-11(14)16(10)8-2-1-3-9-12(8)18-5-4-17-9/h1-3,10-11,15H,4-7,13-14H2. The van der Waals surface area contributed by atoms with E-state index >= 15 is 0 Å². The van der Waals surface area contributed by atoms with Gasteiger partial charge in [-0.3, -0.25) is 0 Å². The van der Waals surface area contributed by atoms with Gasteiger partial charge in [0.15, 0.2) is 11.5 Å². The summed E-state index contributed by atoms with van der Waals surface area (Å²) >= 11 is 0. The maximum Gasteiger partial charge on any atom is 0.184 e. The van der Waals surface area contributed by atoms with Crippen LogP contribution in [-0.4, -0.2) is 38.6 Å². The van der Waals surface area contributed by atoms with Crippen molar-refractivity contribution in [1.29, 1.82) is 0 Å². The van der Waals surface area contributed by atoms with Crippen molar-refractivity contribution in [1.82, 2.24) is 5.32 Å². The molecule has 2 heterocycles. The Morgan fingerprint density at radius 1 is 1.11 bits per heavy atom. The fourth-order valence-corrected chi connectivity index (χ4v) is 2.44. The number of anilines is 1. The Hall–Kier alpha value is -1.50. The maximum atomic E-state index is 6.12. The quantitative estimate of drug-likeness (QED) is 0.619. The van der Waals surface area contributed by atoms with Crippen LogP contribution in [0, 0.1) is 0 Å². The molecule has 0 spiro atoms. The highest BCUT2D eigenvalue weighted by atomic mass is 16.6. The van der Waals surface area contributed by atoms with Gasteiger partial charge in [0.2, 0.25) is 0 Å². The molecule has 5 N–H and O–H groups in total. The summed E-state index contributed by atoms with van der Waals surface area (Å²) in [5, 5.41) is 3.20. The number of rotatable bonds is 1. The molecule has 1 aromatic rings. The average Bonchev–Trinajstić information content (AvgIpc) is 2.39. The van der Waals surface area contributed by atoms with Gasteiger partial charge in [-0.15, -0.1) is 0 Å². The first-order valence-corrected chi connectivity index (χ1v) is 6.16. The highest BCUT2D eigenvalue weighted by Crippen LogP contribution is 2.40. The first kappa shape index (κ1) is 11.6. The minimum atomic E-state index is -0.161. The molecule has 2 aliphatic rings. The third-order valence-corrected chi connectivity index (χ3v) is 3.25. The summed E-state index contributed by atoms with van der Waals surface area (Å²) in [7, 11) is 0. The first-order valence-electron chi connectivity index (χ1n) is 6.16. The molecule has 1 saturated heterocycles. The van der Waals surface area contributed by atoms with Crippen LogP contribution in [0.1, 0.15) is 0 Å². The molecule has 3 rings (SSSR count). The number of para-hydroxylation sites is 1. The molecule has 1 fully saturated rings. The molecule has 98 valence electrons. The molecule has 6 heteroatoms. The van der Waals surface area contributed by atoms with Crippen molar-refractivity contribution in [2.24, 2.45) is 11.5 Å². The fourth-order valence-electron chi connectivity index (χ4n) is 2.44. The van der Waals surface area contributed by atoms with Gasteiger partial charge in [-0.25, -0.2) is 0 Å². The molecular weight excluding hydrogens is 232 g/mol. The normalized spacial score (nSPS) is 27.1. The number of nitrogens with one attached hydrogen (secondary N) is 1. The van der Waals surface area contributed by atoms with Gasteiger partial charge in [0.1, 0.15) is 13.2 Å². The largest absolute Gasteiger partial charge is 0.486 e. The molecule has 2 unspecified atom stereocenters. The van der Waals surface area contributed by atoms with Crippen molar-refractivity contribution in [3.8, 4) is 11.5 Å². The number of benzene rings is 1. The molecule has 0 bridgehead atoms. The first-order chi connectivity index (χ1) is 8.77.